The monoisotopic (exact) mass is 215 g/mol. The Hall–Kier alpha value is -1.31. The van der Waals surface area contributed by atoms with E-state index in [1.54, 1.807) is 0 Å². The van der Waals surface area contributed by atoms with Crippen molar-refractivity contribution in [3.8, 4) is 0 Å². The molecule has 2 nitrogen and oxygen atoms in total. The van der Waals surface area contributed by atoms with E-state index < -0.39 is 0 Å². The molecule has 3 rings (SSSR count). The summed E-state index contributed by atoms with van der Waals surface area (Å²) in [5, 5.41) is 3.00. The van der Waals surface area contributed by atoms with Crippen LogP contribution in [0.4, 0.5) is 0 Å². The molecule has 84 valence electrons. The summed E-state index contributed by atoms with van der Waals surface area (Å²) in [7, 11) is 0. The maximum absolute atomic E-state index is 11.5. The number of rotatable bonds is 0. The van der Waals surface area contributed by atoms with Crippen LogP contribution in [0.1, 0.15) is 43.2 Å². The first kappa shape index (κ1) is 9.88. The molecule has 0 saturated carbocycles. The van der Waals surface area contributed by atoms with Crippen molar-refractivity contribution in [1.29, 1.82) is 0 Å². The normalized spacial score (nSPS) is 32.6. The zero-order valence-corrected chi connectivity index (χ0v) is 9.62. The fourth-order valence-electron chi connectivity index (χ4n) is 3.26. The molecule has 1 N–H and O–H groups in total. The van der Waals surface area contributed by atoms with Gasteiger partial charge >= 0.3 is 0 Å². The highest BCUT2D eigenvalue weighted by Gasteiger charge is 2.43. The van der Waals surface area contributed by atoms with E-state index in [1.807, 2.05) is 0 Å². The summed E-state index contributed by atoms with van der Waals surface area (Å²) in [5.41, 5.74) is 2.96. The molecule has 1 saturated heterocycles. The maximum atomic E-state index is 11.5. The largest absolute Gasteiger partial charge is 0.355 e. The van der Waals surface area contributed by atoms with Gasteiger partial charge < -0.3 is 5.32 Å². The molecule has 1 aliphatic heterocycles. The van der Waals surface area contributed by atoms with Crippen LogP contribution in [0.25, 0.3) is 0 Å². The highest BCUT2D eigenvalue weighted by atomic mass is 16.1. The summed E-state index contributed by atoms with van der Waals surface area (Å²) in [6.45, 7) is 3.12. The van der Waals surface area contributed by atoms with Crippen molar-refractivity contribution in [3.63, 3.8) is 0 Å². The van der Waals surface area contributed by atoms with Gasteiger partial charge in [-0.15, -0.1) is 0 Å². The number of nitrogens with one attached hydrogen (secondary N) is 1. The van der Waals surface area contributed by atoms with E-state index >= 15 is 0 Å². The molecule has 2 heteroatoms. The second kappa shape index (κ2) is 3.34. The third-order valence-electron chi connectivity index (χ3n) is 4.24. The van der Waals surface area contributed by atoms with Crippen molar-refractivity contribution in [2.45, 2.75) is 37.5 Å². The van der Waals surface area contributed by atoms with Gasteiger partial charge in [-0.05, 0) is 29.9 Å². The molecule has 1 aromatic carbocycles. The molecule has 1 fully saturated rings. The summed E-state index contributed by atoms with van der Waals surface area (Å²) in [6.07, 6.45) is 3.02. The molecule has 1 aliphatic carbocycles. The Balaban J connectivity index is 2.11. The van der Waals surface area contributed by atoms with E-state index in [4.69, 9.17) is 0 Å². The zero-order valence-electron chi connectivity index (χ0n) is 9.62. The van der Waals surface area contributed by atoms with Crippen LogP contribution in [-0.2, 0) is 10.2 Å². The van der Waals surface area contributed by atoms with Gasteiger partial charge in [-0.25, -0.2) is 0 Å². The van der Waals surface area contributed by atoms with Crippen LogP contribution in [0, 0.1) is 0 Å². The van der Waals surface area contributed by atoms with Gasteiger partial charge in [0.25, 0.3) is 0 Å². The number of amides is 1. The van der Waals surface area contributed by atoms with Gasteiger partial charge in [0.2, 0.25) is 5.91 Å². The molecule has 1 amide bonds. The third kappa shape index (κ3) is 1.29. The van der Waals surface area contributed by atoms with Crippen molar-refractivity contribution in [3.05, 3.63) is 35.4 Å². The molecule has 2 unspecified atom stereocenters. The lowest BCUT2D eigenvalue weighted by molar-refractivity contribution is -0.119. The lowest BCUT2D eigenvalue weighted by Gasteiger charge is -2.37. The average Bonchev–Trinajstić information content (AvgIpc) is 2.68. The van der Waals surface area contributed by atoms with E-state index in [1.165, 1.54) is 17.5 Å². The second-order valence-electron chi connectivity index (χ2n) is 5.26. The smallest absolute Gasteiger partial charge is 0.220 e. The van der Waals surface area contributed by atoms with Gasteiger partial charge in [0.05, 0.1) is 0 Å². The van der Waals surface area contributed by atoms with Gasteiger partial charge in [-0.2, -0.15) is 0 Å². The topological polar surface area (TPSA) is 29.1 Å². The lowest BCUT2D eigenvalue weighted by atomic mass is 9.66. The number of carbonyl (C=O) groups is 1. The molecule has 1 spiro atoms. The molecule has 2 aliphatic rings. The highest BCUT2D eigenvalue weighted by molar-refractivity contribution is 5.81. The van der Waals surface area contributed by atoms with Crippen LogP contribution >= 0.6 is 0 Å². The Morgan fingerprint density at radius 2 is 2.19 bits per heavy atom. The van der Waals surface area contributed by atoms with Crippen LogP contribution in [-0.4, -0.2) is 12.5 Å². The summed E-state index contributed by atoms with van der Waals surface area (Å²) >= 11 is 0. The molecular formula is C14H17NO. The van der Waals surface area contributed by atoms with Crippen LogP contribution in [0.2, 0.25) is 0 Å². The highest BCUT2D eigenvalue weighted by Crippen LogP contribution is 2.45. The van der Waals surface area contributed by atoms with E-state index in [9.17, 15) is 4.79 Å². The third-order valence-corrected chi connectivity index (χ3v) is 4.24. The lowest BCUT2D eigenvalue weighted by Crippen LogP contribution is -2.34. The molecule has 16 heavy (non-hydrogen) atoms. The summed E-state index contributed by atoms with van der Waals surface area (Å²) < 4.78 is 0. The Morgan fingerprint density at radius 3 is 2.94 bits per heavy atom. The first-order valence-corrected chi connectivity index (χ1v) is 6.07. The molecule has 1 heterocycles. The van der Waals surface area contributed by atoms with Gasteiger partial charge in [0, 0.05) is 18.4 Å². The average molecular weight is 215 g/mol. The molecule has 1 aromatic rings. The Labute approximate surface area is 96.1 Å². The number of fused-ring (bicyclic) bond motifs is 2. The van der Waals surface area contributed by atoms with Crippen molar-refractivity contribution in [1.82, 2.24) is 5.32 Å². The Kier molecular flexibility index (Phi) is 2.06. The first-order chi connectivity index (χ1) is 7.71. The van der Waals surface area contributed by atoms with Gasteiger partial charge in [-0.1, -0.05) is 31.2 Å². The van der Waals surface area contributed by atoms with Gasteiger partial charge in [-0.3, -0.25) is 4.79 Å². The maximum Gasteiger partial charge on any atom is 0.220 e. The second-order valence-corrected chi connectivity index (χ2v) is 5.26. The summed E-state index contributed by atoms with van der Waals surface area (Å²) in [6, 6.07) is 8.65. The van der Waals surface area contributed by atoms with Crippen molar-refractivity contribution >= 4 is 5.91 Å². The van der Waals surface area contributed by atoms with Crippen molar-refractivity contribution < 1.29 is 4.79 Å². The van der Waals surface area contributed by atoms with Crippen molar-refractivity contribution in [2.75, 3.05) is 6.54 Å². The zero-order chi connectivity index (χ0) is 11.2. The molecular weight excluding hydrogens is 198 g/mol. The first-order valence-electron chi connectivity index (χ1n) is 6.07. The van der Waals surface area contributed by atoms with E-state index in [0.29, 0.717) is 12.3 Å². The molecule has 0 bridgehead atoms. The summed E-state index contributed by atoms with van der Waals surface area (Å²) in [5.74, 6) is 0.849. The SMILES string of the molecule is CC1CCC2(CNC(=O)C2)c2ccccc21. The van der Waals surface area contributed by atoms with Crippen LogP contribution in [0.3, 0.4) is 0 Å². The number of hydrogen-bond donors (Lipinski definition) is 1. The predicted molar refractivity (Wildman–Crippen MR) is 63.4 cm³/mol. The van der Waals surface area contributed by atoms with E-state index in [0.717, 1.165) is 13.0 Å². The fraction of sp³-hybridized carbons (Fsp3) is 0.500. The van der Waals surface area contributed by atoms with Crippen LogP contribution in [0.5, 0.6) is 0 Å². The number of carbonyl (C=O) groups excluding carboxylic acids is 1. The van der Waals surface area contributed by atoms with E-state index in [-0.39, 0.29) is 11.3 Å². The molecule has 0 aromatic heterocycles. The number of benzene rings is 1. The Bertz CT molecular complexity index is 440. The van der Waals surface area contributed by atoms with Gasteiger partial charge in [0.15, 0.2) is 0 Å². The minimum Gasteiger partial charge on any atom is -0.355 e. The number of hydrogen-bond acceptors (Lipinski definition) is 1. The summed E-state index contributed by atoms with van der Waals surface area (Å²) in [4.78, 5) is 11.5. The van der Waals surface area contributed by atoms with Gasteiger partial charge in [0.1, 0.15) is 0 Å². The molecule has 2 atom stereocenters. The van der Waals surface area contributed by atoms with Crippen LogP contribution < -0.4 is 5.32 Å². The van der Waals surface area contributed by atoms with Crippen molar-refractivity contribution in [2.24, 2.45) is 0 Å². The predicted octanol–water partition coefficient (Wildman–Crippen LogP) is 2.34. The quantitative estimate of drug-likeness (QED) is 0.707. The Morgan fingerprint density at radius 1 is 1.38 bits per heavy atom. The molecule has 0 radical (unpaired) electrons. The minimum absolute atomic E-state index is 0.0974. The minimum atomic E-state index is 0.0974. The standard InChI is InChI=1S/C14H17NO/c1-10-6-7-14(8-13(16)15-9-14)12-5-3-2-4-11(10)12/h2-5,10H,6-9H2,1H3,(H,15,16). The van der Waals surface area contributed by atoms with E-state index in [2.05, 4.69) is 36.5 Å². The van der Waals surface area contributed by atoms with Crippen LogP contribution in [0.15, 0.2) is 24.3 Å². The fourth-order valence-corrected chi connectivity index (χ4v) is 3.26.